The highest BCUT2D eigenvalue weighted by molar-refractivity contribution is 5.51. The van der Waals surface area contributed by atoms with Crippen LogP contribution in [0, 0.1) is 0 Å². The van der Waals surface area contributed by atoms with E-state index in [9.17, 15) is 0 Å². The molecule has 2 N–H and O–H groups in total. The molecular formula is C20H27NO3. The maximum atomic E-state index is 5.76. The van der Waals surface area contributed by atoms with Crippen LogP contribution in [0.1, 0.15) is 32.8 Å². The molecule has 0 aromatic heterocycles. The molecule has 2 aromatic carbocycles. The normalized spacial score (nSPS) is 11.2. The standard InChI is InChI=1S/C20H27NO3/c1-20(2,3)15-6-9-17(10-7-15)23-12-5-13-24-18-11-8-16(21)14-19(18)22-4/h6-11,14H,5,12-13,21H2,1-4H3. The fourth-order valence-corrected chi connectivity index (χ4v) is 2.29. The summed E-state index contributed by atoms with van der Waals surface area (Å²) in [7, 11) is 1.60. The second-order valence-corrected chi connectivity index (χ2v) is 6.74. The third-order valence-corrected chi connectivity index (χ3v) is 3.72. The van der Waals surface area contributed by atoms with Crippen LogP contribution in [0.4, 0.5) is 5.69 Å². The Labute approximate surface area is 144 Å². The summed E-state index contributed by atoms with van der Waals surface area (Å²) in [6.07, 6.45) is 0.786. The van der Waals surface area contributed by atoms with Crippen LogP contribution in [-0.2, 0) is 5.41 Å². The predicted molar refractivity (Wildman–Crippen MR) is 98.2 cm³/mol. The van der Waals surface area contributed by atoms with E-state index >= 15 is 0 Å². The number of nitrogens with two attached hydrogens (primary N) is 1. The summed E-state index contributed by atoms with van der Waals surface area (Å²) in [5.41, 5.74) is 7.84. The Bertz CT molecular complexity index is 645. The third kappa shape index (κ3) is 5.08. The molecule has 0 aliphatic carbocycles. The van der Waals surface area contributed by atoms with Crippen molar-refractivity contribution >= 4 is 5.69 Å². The Morgan fingerprint density at radius 3 is 2.17 bits per heavy atom. The molecule has 24 heavy (non-hydrogen) atoms. The minimum absolute atomic E-state index is 0.157. The molecule has 0 bridgehead atoms. The zero-order valence-corrected chi connectivity index (χ0v) is 15.0. The van der Waals surface area contributed by atoms with Gasteiger partial charge in [-0.25, -0.2) is 0 Å². The molecule has 0 unspecified atom stereocenters. The Morgan fingerprint density at radius 2 is 1.54 bits per heavy atom. The molecule has 0 spiro atoms. The van der Waals surface area contributed by atoms with Gasteiger partial charge in [0.1, 0.15) is 5.75 Å². The lowest BCUT2D eigenvalue weighted by Gasteiger charge is -2.19. The summed E-state index contributed by atoms with van der Waals surface area (Å²) in [5.74, 6) is 2.22. The average Bonchev–Trinajstić information content (AvgIpc) is 2.55. The van der Waals surface area contributed by atoms with Gasteiger partial charge in [-0.15, -0.1) is 0 Å². The van der Waals surface area contributed by atoms with Crippen molar-refractivity contribution in [3.63, 3.8) is 0 Å². The zero-order valence-electron chi connectivity index (χ0n) is 15.0. The molecule has 130 valence electrons. The number of methoxy groups -OCH3 is 1. The molecule has 0 saturated carbocycles. The van der Waals surface area contributed by atoms with Crippen LogP contribution < -0.4 is 19.9 Å². The van der Waals surface area contributed by atoms with Gasteiger partial charge < -0.3 is 19.9 Å². The van der Waals surface area contributed by atoms with Crippen LogP contribution in [0.5, 0.6) is 17.2 Å². The quantitative estimate of drug-likeness (QED) is 0.603. The number of hydrogen-bond donors (Lipinski definition) is 1. The van der Waals surface area contributed by atoms with E-state index in [1.54, 1.807) is 19.2 Å². The summed E-state index contributed by atoms with van der Waals surface area (Å²) < 4.78 is 16.7. The molecule has 0 fully saturated rings. The molecule has 0 amide bonds. The fourth-order valence-electron chi connectivity index (χ4n) is 2.29. The van der Waals surface area contributed by atoms with Crippen molar-refractivity contribution in [1.82, 2.24) is 0 Å². The topological polar surface area (TPSA) is 53.7 Å². The molecule has 4 heteroatoms. The average molecular weight is 329 g/mol. The van der Waals surface area contributed by atoms with Gasteiger partial charge in [0.05, 0.1) is 20.3 Å². The SMILES string of the molecule is COc1cc(N)ccc1OCCCOc1ccc(C(C)(C)C)cc1. The number of anilines is 1. The molecule has 4 nitrogen and oxygen atoms in total. The predicted octanol–water partition coefficient (Wildman–Crippen LogP) is 4.42. The van der Waals surface area contributed by atoms with Crippen molar-refractivity contribution in [2.45, 2.75) is 32.6 Å². The maximum Gasteiger partial charge on any atom is 0.162 e. The van der Waals surface area contributed by atoms with Gasteiger partial charge in [0, 0.05) is 18.2 Å². The molecule has 0 atom stereocenters. The second-order valence-electron chi connectivity index (χ2n) is 6.74. The summed E-state index contributed by atoms with van der Waals surface area (Å²) >= 11 is 0. The van der Waals surface area contributed by atoms with Gasteiger partial charge in [0.2, 0.25) is 0 Å². The maximum absolute atomic E-state index is 5.76. The summed E-state index contributed by atoms with van der Waals surface area (Å²) in [6.45, 7) is 7.76. The van der Waals surface area contributed by atoms with E-state index in [0.717, 1.165) is 12.2 Å². The van der Waals surface area contributed by atoms with Gasteiger partial charge in [-0.2, -0.15) is 0 Å². The first kappa shape index (κ1) is 18.0. The van der Waals surface area contributed by atoms with Gasteiger partial charge in [-0.3, -0.25) is 0 Å². The van der Waals surface area contributed by atoms with E-state index in [1.165, 1.54) is 5.56 Å². The summed E-state index contributed by atoms with van der Waals surface area (Å²) in [4.78, 5) is 0. The minimum Gasteiger partial charge on any atom is -0.493 e. The van der Waals surface area contributed by atoms with Crippen molar-refractivity contribution < 1.29 is 14.2 Å². The highest BCUT2D eigenvalue weighted by Gasteiger charge is 2.12. The first-order chi connectivity index (χ1) is 11.4. The first-order valence-electron chi connectivity index (χ1n) is 8.20. The number of ether oxygens (including phenoxy) is 3. The van der Waals surface area contributed by atoms with Crippen molar-refractivity contribution in [3.8, 4) is 17.2 Å². The van der Waals surface area contributed by atoms with Gasteiger partial charge in [0.15, 0.2) is 11.5 Å². The van der Waals surface area contributed by atoms with Crippen LogP contribution in [0.2, 0.25) is 0 Å². The Hall–Kier alpha value is -2.36. The molecule has 0 aliphatic heterocycles. The number of hydrogen-bond acceptors (Lipinski definition) is 4. The van der Waals surface area contributed by atoms with Crippen LogP contribution in [0.15, 0.2) is 42.5 Å². The lowest BCUT2D eigenvalue weighted by atomic mass is 9.87. The summed E-state index contributed by atoms with van der Waals surface area (Å²) in [5, 5.41) is 0. The molecule has 0 aliphatic rings. The smallest absolute Gasteiger partial charge is 0.162 e. The van der Waals surface area contributed by atoms with E-state index in [4.69, 9.17) is 19.9 Å². The lowest BCUT2D eigenvalue weighted by molar-refractivity contribution is 0.240. The monoisotopic (exact) mass is 329 g/mol. The van der Waals surface area contributed by atoms with Crippen LogP contribution in [0.25, 0.3) is 0 Å². The minimum atomic E-state index is 0.157. The highest BCUT2D eigenvalue weighted by atomic mass is 16.5. The van der Waals surface area contributed by atoms with Crippen molar-refractivity contribution in [2.75, 3.05) is 26.1 Å². The van der Waals surface area contributed by atoms with Crippen LogP contribution in [-0.4, -0.2) is 20.3 Å². The van der Waals surface area contributed by atoms with E-state index in [1.807, 2.05) is 18.2 Å². The van der Waals surface area contributed by atoms with E-state index in [0.29, 0.717) is 30.4 Å². The summed E-state index contributed by atoms with van der Waals surface area (Å²) in [6, 6.07) is 13.6. The van der Waals surface area contributed by atoms with Crippen molar-refractivity contribution in [1.29, 1.82) is 0 Å². The van der Waals surface area contributed by atoms with Crippen molar-refractivity contribution in [3.05, 3.63) is 48.0 Å². The van der Waals surface area contributed by atoms with Gasteiger partial charge >= 0.3 is 0 Å². The second kappa shape index (κ2) is 7.95. The van der Waals surface area contributed by atoms with E-state index in [-0.39, 0.29) is 5.41 Å². The van der Waals surface area contributed by atoms with Gasteiger partial charge in [-0.05, 0) is 35.2 Å². The third-order valence-electron chi connectivity index (χ3n) is 3.72. The Morgan fingerprint density at radius 1 is 0.875 bits per heavy atom. The number of benzene rings is 2. The molecule has 0 saturated heterocycles. The Kier molecular flexibility index (Phi) is 5.96. The zero-order chi connectivity index (χ0) is 17.6. The van der Waals surface area contributed by atoms with Gasteiger partial charge in [0.25, 0.3) is 0 Å². The molecule has 2 rings (SSSR count). The molecular weight excluding hydrogens is 302 g/mol. The van der Waals surface area contributed by atoms with Crippen LogP contribution >= 0.6 is 0 Å². The van der Waals surface area contributed by atoms with Crippen LogP contribution in [0.3, 0.4) is 0 Å². The molecule has 2 aromatic rings. The molecule has 0 heterocycles. The lowest BCUT2D eigenvalue weighted by Crippen LogP contribution is -2.10. The molecule has 0 radical (unpaired) electrons. The van der Waals surface area contributed by atoms with Gasteiger partial charge in [-0.1, -0.05) is 32.9 Å². The van der Waals surface area contributed by atoms with Crippen molar-refractivity contribution in [2.24, 2.45) is 0 Å². The first-order valence-corrected chi connectivity index (χ1v) is 8.20. The number of rotatable bonds is 7. The van der Waals surface area contributed by atoms with E-state index < -0.39 is 0 Å². The highest BCUT2D eigenvalue weighted by Crippen LogP contribution is 2.29. The largest absolute Gasteiger partial charge is 0.493 e. The Balaban J connectivity index is 1.75. The van der Waals surface area contributed by atoms with E-state index in [2.05, 4.69) is 32.9 Å². The number of nitrogen functional groups attached to an aromatic ring is 1. The fraction of sp³-hybridized carbons (Fsp3) is 0.400.